The topological polar surface area (TPSA) is 58.6 Å². The van der Waals surface area contributed by atoms with Gasteiger partial charge in [0.15, 0.2) is 0 Å². The van der Waals surface area contributed by atoms with Crippen LogP contribution in [0.1, 0.15) is 35.6 Å². The molecule has 3 aromatic carbocycles. The zero-order valence-corrected chi connectivity index (χ0v) is 19.9. The molecule has 6 heteroatoms. The van der Waals surface area contributed by atoms with Crippen molar-refractivity contribution in [2.75, 3.05) is 30.6 Å². The van der Waals surface area contributed by atoms with Crippen LogP contribution in [0.5, 0.6) is 0 Å². The van der Waals surface area contributed by atoms with E-state index in [0.717, 1.165) is 44.5 Å². The summed E-state index contributed by atoms with van der Waals surface area (Å²) in [5, 5.41) is 0. The molecule has 3 aromatic rings. The van der Waals surface area contributed by atoms with Crippen LogP contribution in [0.25, 0.3) is 0 Å². The summed E-state index contributed by atoms with van der Waals surface area (Å²) >= 11 is 0. The van der Waals surface area contributed by atoms with Gasteiger partial charge in [0.1, 0.15) is 6.10 Å². The summed E-state index contributed by atoms with van der Waals surface area (Å²) in [4.78, 5) is 2.46. The molecule has 33 heavy (non-hydrogen) atoms. The number of likely N-dealkylation sites (tertiary alicyclic amines) is 1. The third-order valence-corrected chi connectivity index (χ3v) is 6.55. The fourth-order valence-electron chi connectivity index (χ4n) is 4.42. The lowest BCUT2D eigenvalue weighted by Crippen LogP contribution is -2.41. The quantitative estimate of drug-likeness (QED) is 0.491. The highest BCUT2D eigenvalue weighted by atomic mass is 32.2. The number of ether oxygens (including phenoxy) is 1. The molecule has 1 aliphatic heterocycles. The Bertz CT molecular complexity index is 1080. The number of hydrogen-bond acceptors (Lipinski definition) is 4. The van der Waals surface area contributed by atoms with E-state index < -0.39 is 10.0 Å². The van der Waals surface area contributed by atoms with Crippen molar-refractivity contribution < 1.29 is 13.2 Å². The van der Waals surface area contributed by atoms with Crippen molar-refractivity contribution in [3.63, 3.8) is 0 Å². The van der Waals surface area contributed by atoms with E-state index in [1.165, 1.54) is 17.4 Å². The molecular weight excluding hydrogens is 432 g/mol. The Kier molecular flexibility index (Phi) is 7.81. The maximum atomic E-state index is 11.5. The highest BCUT2D eigenvalue weighted by Gasteiger charge is 2.25. The fraction of sp³-hybridized carbons (Fsp3) is 0.333. The van der Waals surface area contributed by atoms with Crippen LogP contribution in [0, 0.1) is 0 Å². The summed E-state index contributed by atoms with van der Waals surface area (Å²) in [6.45, 7) is 2.88. The first-order chi connectivity index (χ1) is 16.0. The summed E-state index contributed by atoms with van der Waals surface area (Å²) in [6, 6.07) is 28.5. The molecule has 174 valence electrons. The number of nitrogens with one attached hydrogen (secondary N) is 1. The van der Waals surface area contributed by atoms with Gasteiger partial charge >= 0.3 is 0 Å². The molecule has 0 bridgehead atoms. The molecule has 0 saturated carbocycles. The van der Waals surface area contributed by atoms with Gasteiger partial charge in [0.25, 0.3) is 0 Å². The smallest absolute Gasteiger partial charge is 0.229 e. The molecule has 1 heterocycles. The largest absolute Gasteiger partial charge is 0.364 e. The summed E-state index contributed by atoms with van der Waals surface area (Å²) in [7, 11) is -3.27. The predicted octanol–water partition coefficient (Wildman–Crippen LogP) is 4.87. The van der Waals surface area contributed by atoms with Gasteiger partial charge in [0.05, 0.1) is 12.4 Å². The molecule has 1 aliphatic rings. The first-order valence-corrected chi connectivity index (χ1v) is 13.4. The van der Waals surface area contributed by atoms with E-state index in [9.17, 15) is 8.42 Å². The first kappa shape index (κ1) is 23.5. The first-order valence-electron chi connectivity index (χ1n) is 11.5. The lowest BCUT2D eigenvalue weighted by Gasteiger charge is -2.35. The summed E-state index contributed by atoms with van der Waals surface area (Å²) in [5.41, 5.74) is 4.09. The van der Waals surface area contributed by atoms with Crippen LogP contribution in [0.15, 0.2) is 84.9 Å². The number of rotatable bonds is 9. The van der Waals surface area contributed by atoms with Crippen molar-refractivity contribution >= 4 is 15.7 Å². The van der Waals surface area contributed by atoms with Gasteiger partial charge in [-0.3, -0.25) is 4.72 Å². The van der Waals surface area contributed by atoms with Crippen molar-refractivity contribution in [2.24, 2.45) is 0 Å². The monoisotopic (exact) mass is 464 g/mol. The second-order valence-corrected chi connectivity index (χ2v) is 10.5. The molecule has 5 nitrogen and oxygen atoms in total. The van der Waals surface area contributed by atoms with Gasteiger partial charge in [0.2, 0.25) is 10.0 Å². The lowest BCUT2D eigenvalue weighted by atomic mass is 10.00. The molecule has 1 fully saturated rings. The minimum atomic E-state index is -3.27. The standard InChI is InChI=1S/C27H32N2O3S/c1-33(30,31)28-25-15-8-10-22(20-25)17-19-29-18-9-16-26(21-29)32-27(23-11-4-2-5-12-23)24-13-6-3-7-14-24/h2-8,10-15,20,26-28H,9,16-19,21H2,1H3. The number of piperidine rings is 1. The highest BCUT2D eigenvalue weighted by Crippen LogP contribution is 2.29. The van der Waals surface area contributed by atoms with Gasteiger partial charge in [-0.2, -0.15) is 0 Å². The molecule has 0 radical (unpaired) electrons. The van der Waals surface area contributed by atoms with Gasteiger partial charge in [-0.05, 0) is 54.6 Å². The van der Waals surface area contributed by atoms with Gasteiger partial charge in [-0.1, -0.05) is 72.8 Å². The third-order valence-electron chi connectivity index (χ3n) is 5.94. The second-order valence-electron chi connectivity index (χ2n) is 8.73. The Labute approximate surface area is 197 Å². The molecule has 0 aliphatic carbocycles. The fourth-order valence-corrected chi connectivity index (χ4v) is 4.97. The zero-order valence-electron chi connectivity index (χ0n) is 19.1. The van der Waals surface area contributed by atoms with E-state index in [4.69, 9.17) is 4.74 Å². The molecule has 0 amide bonds. The Morgan fingerprint density at radius 1 is 0.970 bits per heavy atom. The van der Waals surface area contributed by atoms with E-state index >= 15 is 0 Å². The Balaban J connectivity index is 1.38. The molecular formula is C27H32N2O3S. The van der Waals surface area contributed by atoms with Gasteiger partial charge < -0.3 is 9.64 Å². The molecule has 1 unspecified atom stereocenters. The van der Waals surface area contributed by atoms with Crippen LogP contribution in [-0.4, -0.2) is 45.3 Å². The van der Waals surface area contributed by atoms with Crippen LogP contribution < -0.4 is 4.72 Å². The highest BCUT2D eigenvalue weighted by molar-refractivity contribution is 7.92. The Hall–Kier alpha value is -2.67. The predicted molar refractivity (Wildman–Crippen MR) is 134 cm³/mol. The van der Waals surface area contributed by atoms with Crippen molar-refractivity contribution in [3.8, 4) is 0 Å². The lowest BCUT2D eigenvalue weighted by molar-refractivity contribution is -0.0330. The average molecular weight is 465 g/mol. The van der Waals surface area contributed by atoms with Crippen molar-refractivity contribution in [2.45, 2.75) is 31.5 Å². The number of nitrogens with zero attached hydrogens (tertiary/aromatic N) is 1. The van der Waals surface area contributed by atoms with Crippen LogP contribution in [0.3, 0.4) is 0 Å². The minimum Gasteiger partial charge on any atom is -0.364 e. The van der Waals surface area contributed by atoms with Crippen molar-refractivity contribution in [3.05, 3.63) is 102 Å². The normalized spacial score (nSPS) is 17.2. The Morgan fingerprint density at radius 2 is 1.64 bits per heavy atom. The van der Waals surface area contributed by atoms with Crippen molar-refractivity contribution in [1.82, 2.24) is 4.90 Å². The SMILES string of the molecule is CS(=O)(=O)Nc1cccc(CCN2CCCC(OC(c3ccccc3)c3ccccc3)C2)c1. The summed E-state index contributed by atoms with van der Waals surface area (Å²) < 4.78 is 32.3. The van der Waals surface area contributed by atoms with Crippen LogP contribution in [-0.2, 0) is 21.2 Å². The molecule has 1 N–H and O–H groups in total. The van der Waals surface area contributed by atoms with Crippen molar-refractivity contribution in [1.29, 1.82) is 0 Å². The number of hydrogen-bond donors (Lipinski definition) is 1. The average Bonchev–Trinajstić information content (AvgIpc) is 2.82. The third kappa shape index (κ3) is 7.16. The van der Waals surface area contributed by atoms with Gasteiger partial charge in [-0.15, -0.1) is 0 Å². The molecule has 1 saturated heterocycles. The van der Waals surface area contributed by atoms with E-state index in [2.05, 4.69) is 58.2 Å². The van der Waals surface area contributed by atoms with Crippen LogP contribution in [0.2, 0.25) is 0 Å². The molecule has 1 atom stereocenters. The Morgan fingerprint density at radius 3 is 2.27 bits per heavy atom. The maximum absolute atomic E-state index is 11.5. The van der Waals surface area contributed by atoms with Crippen LogP contribution in [0.4, 0.5) is 5.69 Å². The maximum Gasteiger partial charge on any atom is 0.229 e. The molecule has 4 rings (SSSR count). The zero-order chi connectivity index (χ0) is 23.1. The van der Waals surface area contributed by atoms with Gasteiger partial charge in [-0.25, -0.2) is 8.42 Å². The van der Waals surface area contributed by atoms with E-state index in [-0.39, 0.29) is 12.2 Å². The van der Waals surface area contributed by atoms with E-state index in [1.54, 1.807) is 6.07 Å². The number of anilines is 1. The second kappa shape index (κ2) is 11.0. The van der Waals surface area contributed by atoms with E-state index in [1.807, 2.05) is 30.3 Å². The minimum absolute atomic E-state index is 0.0731. The number of benzene rings is 3. The summed E-state index contributed by atoms with van der Waals surface area (Å²) in [5.74, 6) is 0. The molecule has 0 aromatic heterocycles. The van der Waals surface area contributed by atoms with Gasteiger partial charge in [0, 0.05) is 18.8 Å². The molecule has 0 spiro atoms. The van der Waals surface area contributed by atoms with Crippen LogP contribution >= 0.6 is 0 Å². The van der Waals surface area contributed by atoms with E-state index in [0.29, 0.717) is 5.69 Å². The number of sulfonamides is 1. The summed E-state index contributed by atoms with van der Waals surface area (Å²) in [6.07, 6.45) is 4.30.